The van der Waals surface area contributed by atoms with Crippen molar-refractivity contribution >= 4 is 21.9 Å². The summed E-state index contributed by atoms with van der Waals surface area (Å²) in [5, 5.41) is 9.11. The monoisotopic (exact) mass is 284 g/mol. The molecule has 0 heterocycles. The number of aliphatic carboxylic acids is 1. The molecule has 0 radical (unpaired) electrons. The summed E-state index contributed by atoms with van der Waals surface area (Å²) in [7, 11) is 1.61. The molecule has 1 aliphatic carbocycles. The van der Waals surface area contributed by atoms with Gasteiger partial charge in [0.05, 0.1) is 17.0 Å². The molecule has 16 heavy (non-hydrogen) atoms. The Morgan fingerprint density at radius 3 is 2.75 bits per heavy atom. The first kappa shape index (κ1) is 11.5. The van der Waals surface area contributed by atoms with Crippen molar-refractivity contribution in [2.24, 2.45) is 5.41 Å². The van der Waals surface area contributed by atoms with Crippen LogP contribution < -0.4 is 4.74 Å². The van der Waals surface area contributed by atoms with Gasteiger partial charge in [0.15, 0.2) is 0 Å². The molecule has 0 bridgehead atoms. The van der Waals surface area contributed by atoms with E-state index >= 15 is 0 Å². The Balaban J connectivity index is 2.19. The van der Waals surface area contributed by atoms with Gasteiger partial charge in [0.2, 0.25) is 0 Å². The SMILES string of the molecule is COc1cc(CC2(C(=O)O)CC2)ccc1Br. The number of methoxy groups -OCH3 is 1. The average Bonchev–Trinajstić information content (AvgIpc) is 3.02. The molecule has 86 valence electrons. The smallest absolute Gasteiger partial charge is 0.309 e. The van der Waals surface area contributed by atoms with Crippen LogP contribution in [0, 0.1) is 5.41 Å². The number of ether oxygens (including phenoxy) is 1. The second kappa shape index (κ2) is 4.09. The van der Waals surface area contributed by atoms with E-state index < -0.39 is 11.4 Å². The lowest BCUT2D eigenvalue weighted by Gasteiger charge is -2.11. The van der Waals surface area contributed by atoms with Crippen LogP contribution in [0.25, 0.3) is 0 Å². The Morgan fingerprint density at radius 2 is 2.25 bits per heavy atom. The molecule has 0 spiro atoms. The van der Waals surface area contributed by atoms with Gasteiger partial charge in [-0.2, -0.15) is 0 Å². The maximum absolute atomic E-state index is 11.1. The van der Waals surface area contributed by atoms with Crippen molar-refractivity contribution in [1.82, 2.24) is 0 Å². The molecule has 3 nitrogen and oxygen atoms in total. The number of benzene rings is 1. The molecule has 0 aliphatic heterocycles. The maximum atomic E-state index is 11.1. The van der Waals surface area contributed by atoms with Crippen LogP contribution in [-0.2, 0) is 11.2 Å². The molecule has 4 heteroatoms. The minimum atomic E-state index is -0.686. The third-order valence-electron chi connectivity index (χ3n) is 3.07. The molecule has 1 saturated carbocycles. The number of hydrogen-bond donors (Lipinski definition) is 1. The summed E-state index contributed by atoms with van der Waals surface area (Å²) < 4.78 is 6.07. The maximum Gasteiger partial charge on any atom is 0.309 e. The fraction of sp³-hybridized carbons (Fsp3) is 0.417. The van der Waals surface area contributed by atoms with Crippen LogP contribution in [0.5, 0.6) is 5.75 Å². The highest BCUT2D eigenvalue weighted by atomic mass is 79.9. The molecule has 1 fully saturated rings. The predicted molar refractivity (Wildman–Crippen MR) is 63.7 cm³/mol. The van der Waals surface area contributed by atoms with Crippen molar-refractivity contribution in [3.8, 4) is 5.75 Å². The molecule has 1 aromatic rings. The fourth-order valence-corrected chi connectivity index (χ4v) is 2.23. The first-order valence-electron chi connectivity index (χ1n) is 5.13. The third kappa shape index (κ3) is 2.07. The zero-order chi connectivity index (χ0) is 11.8. The highest BCUT2D eigenvalue weighted by Gasteiger charge is 2.49. The normalized spacial score (nSPS) is 16.9. The predicted octanol–water partition coefficient (Wildman–Crippen LogP) is 2.87. The summed E-state index contributed by atoms with van der Waals surface area (Å²) in [5.41, 5.74) is 0.499. The third-order valence-corrected chi connectivity index (χ3v) is 3.72. The lowest BCUT2D eigenvalue weighted by Crippen LogP contribution is -2.17. The largest absolute Gasteiger partial charge is 0.496 e. The Kier molecular flexibility index (Phi) is 2.93. The summed E-state index contributed by atoms with van der Waals surface area (Å²) in [5.74, 6) is 0.0630. The number of hydrogen-bond acceptors (Lipinski definition) is 2. The number of rotatable bonds is 4. The van der Waals surface area contributed by atoms with Crippen molar-refractivity contribution in [3.05, 3.63) is 28.2 Å². The van der Waals surface area contributed by atoms with E-state index in [0.29, 0.717) is 6.42 Å². The number of halogens is 1. The molecule has 0 saturated heterocycles. The molecule has 2 rings (SSSR count). The van der Waals surface area contributed by atoms with Crippen LogP contribution >= 0.6 is 15.9 Å². The van der Waals surface area contributed by atoms with E-state index in [1.54, 1.807) is 7.11 Å². The van der Waals surface area contributed by atoms with E-state index in [-0.39, 0.29) is 0 Å². The van der Waals surface area contributed by atoms with Gasteiger partial charge in [-0.1, -0.05) is 6.07 Å². The van der Waals surface area contributed by atoms with Crippen LogP contribution in [0.3, 0.4) is 0 Å². The van der Waals surface area contributed by atoms with Crippen molar-refractivity contribution in [2.75, 3.05) is 7.11 Å². The van der Waals surface area contributed by atoms with Crippen molar-refractivity contribution in [2.45, 2.75) is 19.3 Å². The van der Waals surface area contributed by atoms with Crippen molar-refractivity contribution < 1.29 is 14.6 Å². The van der Waals surface area contributed by atoms with E-state index in [2.05, 4.69) is 15.9 Å². The Morgan fingerprint density at radius 1 is 1.56 bits per heavy atom. The molecule has 0 unspecified atom stereocenters. The van der Waals surface area contributed by atoms with Gasteiger partial charge >= 0.3 is 5.97 Å². The summed E-state index contributed by atoms with van der Waals surface area (Å²) in [6.45, 7) is 0. The van der Waals surface area contributed by atoms with Gasteiger partial charge in [0.25, 0.3) is 0 Å². The Bertz CT molecular complexity index is 424. The summed E-state index contributed by atoms with van der Waals surface area (Å²) in [6.07, 6.45) is 2.15. The minimum Gasteiger partial charge on any atom is -0.496 e. The van der Waals surface area contributed by atoms with Gasteiger partial charge in [-0.25, -0.2) is 0 Å². The average molecular weight is 285 g/mol. The molecular formula is C12H13BrO3. The Labute approximate surface area is 103 Å². The zero-order valence-corrected chi connectivity index (χ0v) is 10.6. The first-order chi connectivity index (χ1) is 7.57. The molecule has 0 amide bonds. The van der Waals surface area contributed by atoms with Crippen LogP contribution in [-0.4, -0.2) is 18.2 Å². The van der Waals surface area contributed by atoms with Gasteiger partial charge in [-0.3, -0.25) is 4.79 Å². The lowest BCUT2D eigenvalue weighted by molar-refractivity contribution is -0.143. The fourth-order valence-electron chi connectivity index (χ4n) is 1.82. The summed E-state index contributed by atoms with van der Waals surface area (Å²) in [4.78, 5) is 11.1. The van der Waals surface area contributed by atoms with Crippen molar-refractivity contribution in [1.29, 1.82) is 0 Å². The molecule has 1 aromatic carbocycles. The zero-order valence-electron chi connectivity index (χ0n) is 9.00. The summed E-state index contributed by atoms with van der Waals surface area (Å²) in [6, 6.07) is 5.73. The first-order valence-corrected chi connectivity index (χ1v) is 5.92. The number of carboxylic acid groups (broad SMARTS) is 1. The molecular weight excluding hydrogens is 272 g/mol. The van der Waals surface area contributed by atoms with Gasteiger partial charge in [0, 0.05) is 0 Å². The van der Waals surface area contributed by atoms with Gasteiger partial charge in [0.1, 0.15) is 5.75 Å². The topological polar surface area (TPSA) is 46.5 Å². The standard InChI is InChI=1S/C12H13BrO3/c1-16-10-6-8(2-3-9(10)13)7-12(4-5-12)11(14)15/h2-3,6H,4-5,7H2,1H3,(H,14,15). The molecule has 0 aromatic heterocycles. The van der Waals surface area contributed by atoms with Crippen LogP contribution in [0.2, 0.25) is 0 Å². The Hall–Kier alpha value is -1.03. The molecule has 0 atom stereocenters. The van der Waals surface area contributed by atoms with Gasteiger partial charge in [-0.05, 0) is 52.9 Å². The van der Waals surface area contributed by atoms with E-state index in [9.17, 15) is 4.79 Å². The van der Waals surface area contributed by atoms with E-state index in [4.69, 9.17) is 9.84 Å². The number of carboxylic acids is 1. The van der Waals surface area contributed by atoms with Crippen molar-refractivity contribution in [3.63, 3.8) is 0 Å². The van der Waals surface area contributed by atoms with Crippen LogP contribution in [0.4, 0.5) is 0 Å². The highest BCUT2D eigenvalue weighted by Crippen LogP contribution is 2.49. The van der Waals surface area contributed by atoms with E-state index in [0.717, 1.165) is 28.6 Å². The minimum absolute atomic E-state index is 0.515. The number of carbonyl (C=O) groups is 1. The van der Waals surface area contributed by atoms with Crippen LogP contribution in [0.1, 0.15) is 18.4 Å². The lowest BCUT2D eigenvalue weighted by atomic mass is 9.97. The second-order valence-electron chi connectivity index (χ2n) is 4.23. The summed E-state index contributed by atoms with van der Waals surface area (Å²) >= 11 is 3.37. The van der Waals surface area contributed by atoms with Crippen LogP contribution in [0.15, 0.2) is 22.7 Å². The quantitative estimate of drug-likeness (QED) is 0.925. The second-order valence-corrected chi connectivity index (χ2v) is 5.09. The van der Waals surface area contributed by atoms with E-state index in [1.165, 1.54) is 0 Å². The van der Waals surface area contributed by atoms with Gasteiger partial charge < -0.3 is 9.84 Å². The molecule has 1 N–H and O–H groups in total. The highest BCUT2D eigenvalue weighted by molar-refractivity contribution is 9.10. The molecule has 1 aliphatic rings. The van der Waals surface area contributed by atoms with Gasteiger partial charge in [-0.15, -0.1) is 0 Å². The van der Waals surface area contributed by atoms with E-state index in [1.807, 2.05) is 18.2 Å².